The molecule has 8 heteroatoms. The van der Waals surface area contributed by atoms with Gasteiger partial charge >= 0.3 is 5.69 Å². The molecule has 2 N–H and O–H groups in total. The standard InChI is InChI=1S/C10H15N5O3/c1-14(5-7(16)6-18-2)9-4-3-8-11-12-10(17)15(8)13-9/h3-4,7,16H,5-6H2,1-2H3,(H,12,17). The molecule has 0 aliphatic carbocycles. The van der Waals surface area contributed by atoms with E-state index in [9.17, 15) is 9.90 Å². The summed E-state index contributed by atoms with van der Waals surface area (Å²) in [6.45, 7) is 0.608. The lowest BCUT2D eigenvalue weighted by molar-refractivity contribution is 0.0694. The first-order valence-electron chi connectivity index (χ1n) is 5.44. The van der Waals surface area contributed by atoms with Crippen LogP contribution < -0.4 is 10.6 Å². The zero-order chi connectivity index (χ0) is 13.1. The molecule has 98 valence electrons. The minimum atomic E-state index is -0.612. The number of aromatic nitrogens is 4. The zero-order valence-electron chi connectivity index (χ0n) is 10.2. The number of aliphatic hydroxyl groups is 1. The molecule has 0 saturated carbocycles. The van der Waals surface area contributed by atoms with Gasteiger partial charge in [0.05, 0.1) is 12.7 Å². The SMILES string of the molecule is COCC(O)CN(C)c1ccc2n[nH]c(=O)n2n1. The molecule has 2 rings (SSSR count). The number of hydrogen-bond donors (Lipinski definition) is 2. The summed E-state index contributed by atoms with van der Waals surface area (Å²) in [7, 11) is 3.30. The van der Waals surface area contributed by atoms with E-state index in [4.69, 9.17) is 4.74 Å². The molecule has 0 aromatic carbocycles. The molecule has 0 aliphatic rings. The van der Waals surface area contributed by atoms with Gasteiger partial charge in [0.25, 0.3) is 0 Å². The Balaban J connectivity index is 2.19. The molecule has 2 heterocycles. The van der Waals surface area contributed by atoms with Crippen molar-refractivity contribution in [3.05, 3.63) is 22.6 Å². The molecule has 0 aliphatic heterocycles. The van der Waals surface area contributed by atoms with Crippen molar-refractivity contribution in [3.8, 4) is 0 Å². The van der Waals surface area contributed by atoms with Gasteiger partial charge in [-0.05, 0) is 12.1 Å². The first-order chi connectivity index (χ1) is 8.61. The highest BCUT2D eigenvalue weighted by atomic mass is 16.5. The fourth-order valence-corrected chi connectivity index (χ4v) is 1.65. The summed E-state index contributed by atoms with van der Waals surface area (Å²) >= 11 is 0. The minimum absolute atomic E-state index is 0.248. The number of likely N-dealkylation sites (N-methyl/N-ethyl adjacent to an activating group) is 1. The quantitative estimate of drug-likeness (QED) is 0.699. The third-order valence-electron chi connectivity index (χ3n) is 2.49. The molecular weight excluding hydrogens is 238 g/mol. The second kappa shape index (κ2) is 5.15. The van der Waals surface area contributed by atoms with Gasteiger partial charge in [0.1, 0.15) is 5.82 Å². The van der Waals surface area contributed by atoms with Gasteiger partial charge in [-0.25, -0.2) is 9.89 Å². The maximum absolute atomic E-state index is 11.4. The zero-order valence-corrected chi connectivity index (χ0v) is 10.2. The lowest BCUT2D eigenvalue weighted by Crippen LogP contribution is -2.33. The number of aliphatic hydroxyl groups excluding tert-OH is 1. The van der Waals surface area contributed by atoms with Crippen molar-refractivity contribution < 1.29 is 9.84 Å². The highest BCUT2D eigenvalue weighted by Crippen LogP contribution is 2.08. The molecule has 0 saturated heterocycles. The van der Waals surface area contributed by atoms with Crippen LogP contribution in [0.2, 0.25) is 0 Å². The van der Waals surface area contributed by atoms with E-state index in [0.717, 1.165) is 0 Å². The predicted octanol–water partition coefficient (Wildman–Crippen LogP) is -1.14. The average Bonchev–Trinajstić information content (AvgIpc) is 2.71. The van der Waals surface area contributed by atoms with Crippen molar-refractivity contribution in [3.63, 3.8) is 0 Å². The fourth-order valence-electron chi connectivity index (χ4n) is 1.65. The largest absolute Gasteiger partial charge is 0.389 e. The number of ether oxygens (including phenoxy) is 1. The van der Waals surface area contributed by atoms with Crippen LogP contribution in [-0.4, -0.2) is 58.3 Å². The van der Waals surface area contributed by atoms with Crippen LogP contribution >= 0.6 is 0 Å². The van der Waals surface area contributed by atoms with Crippen molar-refractivity contribution in [2.45, 2.75) is 6.10 Å². The van der Waals surface area contributed by atoms with Crippen molar-refractivity contribution in [2.24, 2.45) is 0 Å². The molecule has 1 unspecified atom stereocenters. The maximum atomic E-state index is 11.4. The Labute approximate surface area is 103 Å². The van der Waals surface area contributed by atoms with Gasteiger partial charge in [-0.3, -0.25) is 0 Å². The highest BCUT2D eigenvalue weighted by molar-refractivity contribution is 5.44. The van der Waals surface area contributed by atoms with Gasteiger partial charge in [0.15, 0.2) is 5.65 Å². The van der Waals surface area contributed by atoms with E-state index in [-0.39, 0.29) is 6.61 Å². The van der Waals surface area contributed by atoms with E-state index in [0.29, 0.717) is 18.0 Å². The topological polar surface area (TPSA) is 95.8 Å². The predicted molar refractivity (Wildman–Crippen MR) is 64.8 cm³/mol. The van der Waals surface area contributed by atoms with Crippen molar-refractivity contribution >= 4 is 11.5 Å². The molecule has 8 nitrogen and oxygen atoms in total. The number of H-pyrrole nitrogens is 1. The van der Waals surface area contributed by atoms with Crippen LogP contribution in [0.4, 0.5) is 5.82 Å². The molecule has 2 aromatic heterocycles. The summed E-state index contributed by atoms with van der Waals surface area (Å²) in [6, 6.07) is 3.41. The lowest BCUT2D eigenvalue weighted by Gasteiger charge is -2.20. The Hall–Kier alpha value is -1.93. The normalized spacial score (nSPS) is 12.8. The number of nitrogens with one attached hydrogen (secondary N) is 1. The Bertz CT molecular complexity index is 578. The van der Waals surface area contributed by atoms with Crippen LogP contribution in [0.5, 0.6) is 0 Å². The van der Waals surface area contributed by atoms with E-state index in [1.54, 1.807) is 24.1 Å². The second-order valence-corrected chi connectivity index (χ2v) is 3.98. The number of methoxy groups -OCH3 is 1. The molecule has 0 amide bonds. The van der Waals surface area contributed by atoms with Crippen LogP contribution in [0.3, 0.4) is 0 Å². The smallest absolute Gasteiger partial charge is 0.364 e. The van der Waals surface area contributed by atoms with Crippen LogP contribution in [0.25, 0.3) is 5.65 Å². The number of anilines is 1. The van der Waals surface area contributed by atoms with Crippen LogP contribution in [0, 0.1) is 0 Å². The summed E-state index contributed by atoms with van der Waals surface area (Å²) < 4.78 is 6.03. The van der Waals surface area contributed by atoms with Crippen LogP contribution in [0.15, 0.2) is 16.9 Å². The van der Waals surface area contributed by atoms with E-state index < -0.39 is 11.8 Å². The number of aromatic amines is 1. The number of nitrogens with zero attached hydrogens (tertiary/aromatic N) is 4. The van der Waals surface area contributed by atoms with Gasteiger partial charge in [0, 0.05) is 20.7 Å². The first-order valence-corrected chi connectivity index (χ1v) is 5.44. The summed E-state index contributed by atoms with van der Waals surface area (Å²) in [6.07, 6.45) is -0.612. The Morgan fingerprint density at radius 2 is 2.39 bits per heavy atom. The van der Waals surface area contributed by atoms with Crippen molar-refractivity contribution in [1.82, 2.24) is 19.8 Å². The number of fused-ring (bicyclic) bond motifs is 1. The first kappa shape index (κ1) is 12.5. The van der Waals surface area contributed by atoms with Gasteiger partial charge in [-0.15, -0.1) is 5.10 Å². The molecular formula is C10H15N5O3. The van der Waals surface area contributed by atoms with E-state index in [2.05, 4.69) is 15.3 Å². The van der Waals surface area contributed by atoms with Gasteiger partial charge in [-0.1, -0.05) is 0 Å². The summed E-state index contributed by atoms with van der Waals surface area (Å²) in [5.74, 6) is 0.571. The summed E-state index contributed by atoms with van der Waals surface area (Å²) in [5, 5.41) is 19.9. The number of rotatable bonds is 5. The molecule has 0 fully saturated rings. The fraction of sp³-hybridized carbons (Fsp3) is 0.500. The van der Waals surface area contributed by atoms with Crippen LogP contribution in [0.1, 0.15) is 0 Å². The van der Waals surface area contributed by atoms with E-state index >= 15 is 0 Å². The third kappa shape index (κ3) is 2.49. The van der Waals surface area contributed by atoms with Crippen LogP contribution in [-0.2, 0) is 4.74 Å². The van der Waals surface area contributed by atoms with E-state index in [1.165, 1.54) is 11.6 Å². The molecule has 0 spiro atoms. The van der Waals surface area contributed by atoms with Gasteiger partial charge < -0.3 is 14.7 Å². The van der Waals surface area contributed by atoms with Crippen molar-refractivity contribution in [1.29, 1.82) is 0 Å². The summed E-state index contributed by atoms with van der Waals surface area (Å²) in [4.78, 5) is 13.1. The van der Waals surface area contributed by atoms with Gasteiger partial charge in [0.2, 0.25) is 0 Å². The Kier molecular flexibility index (Phi) is 3.58. The lowest BCUT2D eigenvalue weighted by atomic mass is 10.3. The second-order valence-electron chi connectivity index (χ2n) is 3.98. The average molecular weight is 253 g/mol. The number of hydrogen-bond acceptors (Lipinski definition) is 6. The molecule has 2 aromatic rings. The van der Waals surface area contributed by atoms with Gasteiger partial charge in [-0.2, -0.15) is 9.61 Å². The third-order valence-corrected chi connectivity index (χ3v) is 2.49. The summed E-state index contributed by atoms with van der Waals surface area (Å²) in [5.41, 5.74) is 0.0623. The molecule has 1 atom stereocenters. The highest BCUT2D eigenvalue weighted by Gasteiger charge is 2.11. The maximum Gasteiger partial charge on any atom is 0.364 e. The monoisotopic (exact) mass is 253 g/mol. The Morgan fingerprint density at radius 1 is 1.61 bits per heavy atom. The minimum Gasteiger partial charge on any atom is -0.389 e. The molecule has 18 heavy (non-hydrogen) atoms. The molecule has 0 bridgehead atoms. The van der Waals surface area contributed by atoms with Crippen molar-refractivity contribution in [2.75, 3.05) is 32.2 Å². The molecule has 0 radical (unpaired) electrons. The Morgan fingerprint density at radius 3 is 3.11 bits per heavy atom. The van der Waals surface area contributed by atoms with E-state index in [1.807, 2.05) is 0 Å².